The Balaban J connectivity index is 2.11. The number of hydrogen-bond acceptors (Lipinski definition) is 6. The second-order valence-corrected chi connectivity index (χ2v) is 6.13. The minimum atomic E-state index is -3.60. The van der Waals surface area contributed by atoms with Gasteiger partial charge in [-0.15, -0.1) is 0 Å². The van der Waals surface area contributed by atoms with Gasteiger partial charge < -0.3 is 9.26 Å². The number of benzene rings is 1. The molecule has 21 heavy (non-hydrogen) atoms. The van der Waals surface area contributed by atoms with Gasteiger partial charge in [-0.25, -0.2) is 17.9 Å². The number of sulfonamides is 1. The van der Waals surface area contributed by atoms with E-state index < -0.39 is 16.0 Å². The Hall–Kier alpha value is -2.19. The predicted molar refractivity (Wildman–Crippen MR) is 73.0 cm³/mol. The third-order valence-corrected chi connectivity index (χ3v) is 4.09. The molecule has 1 aromatic carbocycles. The molecule has 0 radical (unpaired) electrons. The zero-order chi connectivity index (χ0) is 15.5. The van der Waals surface area contributed by atoms with Crippen LogP contribution in [0, 0.1) is 6.92 Å². The second kappa shape index (κ2) is 6.06. The summed E-state index contributed by atoms with van der Waals surface area (Å²) >= 11 is 0. The number of nitrogens with one attached hydrogen (secondary N) is 1. The zero-order valence-corrected chi connectivity index (χ0v) is 12.3. The van der Waals surface area contributed by atoms with Gasteiger partial charge in [-0.2, -0.15) is 0 Å². The molecule has 0 amide bonds. The van der Waals surface area contributed by atoms with E-state index in [2.05, 4.69) is 9.88 Å². The van der Waals surface area contributed by atoms with E-state index in [0.29, 0.717) is 11.5 Å². The fraction of sp³-hybridized carbons (Fsp3) is 0.231. The summed E-state index contributed by atoms with van der Waals surface area (Å²) < 4.78 is 35.4. The molecule has 0 aliphatic rings. The summed E-state index contributed by atoms with van der Waals surface area (Å²) in [5.74, 6) is -0.0213. The molecule has 0 atom stereocenters. The van der Waals surface area contributed by atoms with Crippen molar-refractivity contribution in [2.45, 2.75) is 18.4 Å². The molecular weight excluding hydrogens is 296 g/mol. The first kappa shape index (κ1) is 15.2. The van der Waals surface area contributed by atoms with E-state index in [9.17, 15) is 13.2 Å². The molecule has 0 aliphatic carbocycles. The Morgan fingerprint density at radius 3 is 2.76 bits per heavy atom. The van der Waals surface area contributed by atoms with Crippen molar-refractivity contribution in [3.05, 3.63) is 47.3 Å². The Morgan fingerprint density at radius 2 is 2.14 bits per heavy atom. The highest BCUT2D eigenvalue weighted by Gasteiger charge is 2.15. The predicted octanol–water partition coefficient (Wildman–Crippen LogP) is 1.25. The number of nitrogens with zero attached hydrogens (tertiary/aromatic N) is 1. The van der Waals surface area contributed by atoms with Gasteiger partial charge in [0.05, 0.1) is 10.5 Å². The summed E-state index contributed by atoms with van der Waals surface area (Å²) in [7, 11) is -2.30. The number of rotatable bonds is 5. The maximum atomic E-state index is 11.9. The lowest BCUT2D eigenvalue weighted by Crippen LogP contribution is -2.19. The van der Waals surface area contributed by atoms with Crippen molar-refractivity contribution in [3.63, 3.8) is 0 Å². The molecule has 8 heteroatoms. The summed E-state index contributed by atoms with van der Waals surface area (Å²) in [6.45, 7) is 1.68. The fourth-order valence-electron chi connectivity index (χ4n) is 1.62. The van der Waals surface area contributed by atoms with Gasteiger partial charge in [0.15, 0.2) is 0 Å². The quantitative estimate of drug-likeness (QED) is 0.834. The van der Waals surface area contributed by atoms with Crippen LogP contribution >= 0.6 is 0 Å². The van der Waals surface area contributed by atoms with Crippen LogP contribution in [0.3, 0.4) is 0 Å². The van der Waals surface area contributed by atoms with Crippen LogP contribution in [0.5, 0.6) is 0 Å². The minimum absolute atomic E-state index is 0.00303. The molecule has 0 unspecified atom stereocenters. The summed E-state index contributed by atoms with van der Waals surface area (Å²) in [5.41, 5.74) is 0.631. The van der Waals surface area contributed by atoms with E-state index in [4.69, 9.17) is 9.26 Å². The van der Waals surface area contributed by atoms with Crippen LogP contribution in [0.25, 0.3) is 0 Å². The van der Waals surface area contributed by atoms with Gasteiger partial charge in [0, 0.05) is 6.07 Å². The van der Waals surface area contributed by atoms with E-state index in [0.717, 1.165) is 0 Å². The molecule has 1 N–H and O–H groups in total. The minimum Gasteiger partial charge on any atom is -0.455 e. The van der Waals surface area contributed by atoms with Crippen molar-refractivity contribution in [2.24, 2.45) is 0 Å². The highest BCUT2D eigenvalue weighted by molar-refractivity contribution is 7.89. The largest absolute Gasteiger partial charge is 0.455 e. The van der Waals surface area contributed by atoms with E-state index in [1.54, 1.807) is 13.0 Å². The van der Waals surface area contributed by atoms with Crippen LogP contribution in [0.15, 0.2) is 39.8 Å². The van der Waals surface area contributed by atoms with Crippen molar-refractivity contribution in [1.29, 1.82) is 0 Å². The Kier molecular flexibility index (Phi) is 4.39. The third-order valence-electron chi connectivity index (χ3n) is 2.68. The first-order valence-corrected chi connectivity index (χ1v) is 7.53. The Morgan fingerprint density at radius 1 is 1.38 bits per heavy atom. The Bertz CT molecular complexity index is 751. The molecule has 112 valence electrons. The topological polar surface area (TPSA) is 98.5 Å². The molecule has 7 nitrogen and oxygen atoms in total. The highest BCUT2D eigenvalue weighted by atomic mass is 32.2. The maximum absolute atomic E-state index is 11.9. The van der Waals surface area contributed by atoms with Crippen LogP contribution in [-0.2, 0) is 21.4 Å². The van der Waals surface area contributed by atoms with Gasteiger partial charge in [-0.1, -0.05) is 11.2 Å². The van der Waals surface area contributed by atoms with Gasteiger partial charge >= 0.3 is 5.97 Å². The first-order valence-electron chi connectivity index (χ1n) is 6.05. The van der Waals surface area contributed by atoms with Crippen molar-refractivity contribution in [2.75, 3.05) is 7.05 Å². The van der Waals surface area contributed by atoms with E-state index in [1.807, 2.05) is 0 Å². The average molecular weight is 310 g/mol. The van der Waals surface area contributed by atoms with Crippen LogP contribution < -0.4 is 4.72 Å². The van der Waals surface area contributed by atoms with Gasteiger partial charge in [0.1, 0.15) is 18.1 Å². The summed E-state index contributed by atoms with van der Waals surface area (Å²) in [5, 5.41) is 3.69. The summed E-state index contributed by atoms with van der Waals surface area (Å²) in [4.78, 5) is 11.9. The van der Waals surface area contributed by atoms with Gasteiger partial charge in [0.25, 0.3) is 0 Å². The van der Waals surface area contributed by atoms with Crippen LogP contribution in [0.1, 0.15) is 21.8 Å². The molecular formula is C13H14N2O5S. The second-order valence-electron chi connectivity index (χ2n) is 4.24. The molecule has 0 saturated heterocycles. The first-order chi connectivity index (χ1) is 9.92. The third kappa shape index (κ3) is 3.67. The SMILES string of the molecule is CNS(=O)(=O)c1cccc(C(=O)OCc2cc(C)on2)c1. The van der Waals surface area contributed by atoms with E-state index in [-0.39, 0.29) is 17.1 Å². The van der Waals surface area contributed by atoms with E-state index in [1.165, 1.54) is 31.3 Å². The molecule has 0 fully saturated rings. The molecule has 0 spiro atoms. The molecule has 0 saturated carbocycles. The number of esters is 1. The monoisotopic (exact) mass is 310 g/mol. The molecule has 0 aliphatic heterocycles. The van der Waals surface area contributed by atoms with Crippen LogP contribution in [0.4, 0.5) is 0 Å². The van der Waals surface area contributed by atoms with Gasteiger partial charge in [-0.3, -0.25) is 0 Å². The van der Waals surface area contributed by atoms with Crippen molar-refractivity contribution in [1.82, 2.24) is 9.88 Å². The van der Waals surface area contributed by atoms with Crippen molar-refractivity contribution >= 4 is 16.0 Å². The van der Waals surface area contributed by atoms with Crippen molar-refractivity contribution in [3.8, 4) is 0 Å². The normalized spacial score (nSPS) is 11.3. The van der Waals surface area contributed by atoms with Crippen LogP contribution in [0.2, 0.25) is 0 Å². The Labute approximate surface area is 121 Å². The zero-order valence-electron chi connectivity index (χ0n) is 11.5. The molecule has 1 aromatic heterocycles. The molecule has 2 rings (SSSR count). The lowest BCUT2D eigenvalue weighted by atomic mass is 10.2. The van der Waals surface area contributed by atoms with Crippen molar-refractivity contribution < 1.29 is 22.5 Å². The molecule has 0 bridgehead atoms. The molecule has 1 heterocycles. The fourth-order valence-corrected chi connectivity index (χ4v) is 2.39. The summed E-state index contributed by atoms with van der Waals surface area (Å²) in [6, 6.07) is 7.24. The number of ether oxygens (including phenoxy) is 1. The molecule has 2 aromatic rings. The smallest absolute Gasteiger partial charge is 0.338 e. The number of hydrogen-bond donors (Lipinski definition) is 1. The maximum Gasteiger partial charge on any atom is 0.338 e. The average Bonchev–Trinajstić information content (AvgIpc) is 2.90. The number of carbonyl (C=O) groups excluding carboxylic acids is 1. The number of aryl methyl sites for hydroxylation is 1. The lowest BCUT2D eigenvalue weighted by molar-refractivity contribution is 0.0464. The number of aromatic nitrogens is 1. The summed E-state index contributed by atoms with van der Waals surface area (Å²) in [6.07, 6.45) is 0. The standard InChI is InChI=1S/C13H14N2O5S/c1-9-6-11(15-20-9)8-19-13(16)10-4-3-5-12(7-10)21(17,18)14-2/h3-7,14H,8H2,1-2H3. The number of carbonyl (C=O) groups is 1. The van der Waals surface area contributed by atoms with Gasteiger partial charge in [0.2, 0.25) is 10.0 Å². The van der Waals surface area contributed by atoms with E-state index >= 15 is 0 Å². The highest BCUT2D eigenvalue weighted by Crippen LogP contribution is 2.13. The lowest BCUT2D eigenvalue weighted by Gasteiger charge is -2.05. The van der Waals surface area contributed by atoms with Crippen LogP contribution in [-0.4, -0.2) is 26.6 Å². The van der Waals surface area contributed by atoms with Gasteiger partial charge in [-0.05, 0) is 32.2 Å².